The molecule has 0 aliphatic heterocycles. The Kier molecular flexibility index (Phi) is 36.1. The van der Waals surface area contributed by atoms with Crippen molar-refractivity contribution >= 4 is 35.4 Å². The Morgan fingerprint density at radius 1 is 0.364 bits per heavy atom. The highest BCUT2D eigenvalue weighted by Gasteiger charge is 2.44. The lowest BCUT2D eigenvalue weighted by atomic mass is 9.75. The third-order valence-corrected chi connectivity index (χ3v) is 14.9. The molecule has 0 spiro atoms. The highest BCUT2D eigenvalue weighted by Crippen LogP contribution is 2.43. The van der Waals surface area contributed by atoms with Crippen LogP contribution in [0.4, 0.5) is 79.0 Å². The SMILES string of the molecule is COc1ccc(C(OCC(O)COCC(CCCNC(=O)C(F)(F)F)(CCCNC(=O)C(F)(F)F)CCCNC(=O)C(F)(F)F)(c2ccccc2)c2ccc(OC)cc2)cc1.O=C(NCCCC(CCCNC(=O)C(F)(F)F)(CCCNC(=O)C(F)(F)F)COCC(O)CO)C(F)(F)F. The fourth-order valence-electron chi connectivity index (χ4n) is 10.00. The van der Waals surface area contributed by atoms with Gasteiger partial charge in [0.1, 0.15) is 29.3 Å². The van der Waals surface area contributed by atoms with E-state index in [0.717, 1.165) is 0 Å². The lowest BCUT2D eigenvalue weighted by molar-refractivity contribution is -0.173. The molecule has 0 fully saturated rings. The predicted molar refractivity (Wildman–Crippen MR) is 314 cm³/mol. The first-order chi connectivity index (χ1) is 46.0. The topological polar surface area (TPSA) is 281 Å². The van der Waals surface area contributed by atoms with Crippen molar-refractivity contribution in [3.8, 4) is 11.5 Å². The van der Waals surface area contributed by atoms with Crippen LogP contribution >= 0.6 is 0 Å². The van der Waals surface area contributed by atoms with Crippen molar-refractivity contribution in [2.45, 2.75) is 132 Å². The number of carbonyl (C=O) groups is 6. The van der Waals surface area contributed by atoms with Gasteiger partial charge in [0, 0.05) is 39.3 Å². The van der Waals surface area contributed by atoms with E-state index < -0.39 is 160 Å². The van der Waals surface area contributed by atoms with Gasteiger partial charge in [0.05, 0.1) is 53.9 Å². The summed E-state index contributed by atoms with van der Waals surface area (Å²) in [7, 11) is 3.02. The zero-order valence-electron chi connectivity index (χ0n) is 53.3. The van der Waals surface area contributed by atoms with E-state index in [4.69, 9.17) is 28.8 Å². The summed E-state index contributed by atoms with van der Waals surface area (Å²) in [6.45, 7) is -5.49. The van der Waals surface area contributed by atoms with Gasteiger partial charge in [-0.15, -0.1) is 0 Å². The maximum absolute atomic E-state index is 12.8. The summed E-state index contributed by atoms with van der Waals surface area (Å²) >= 11 is 0. The zero-order chi connectivity index (χ0) is 74.9. The lowest BCUT2D eigenvalue weighted by Gasteiger charge is -2.37. The van der Waals surface area contributed by atoms with Gasteiger partial charge in [-0.1, -0.05) is 54.6 Å². The van der Waals surface area contributed by atoms with Gasteiger partial charge in [-0.3, -0.25) is 28.8 Å². The maximum atomic E-state index is 12.8. The van der Waals surface area contributed by atoms with Crippen molar-refractivity contribution < 1.29 is 147 Å². The number of aliphatic hydroxyl groups is 3. The number of methoxy groups -OCH3 is 2. The van der Waals surface area contributed by atoms with Crippen LogP contribution in [-0.2, 0) is 48.6 Å². The third-order valence-electron chi connectivity index (χ3n) is 14.9. The minimum absolute atomic E-state index is 0.0409. The fourth-order valence-corrected chi connectivity index (χ4v) is 10.00. The smallest absolute Gasteiger partial charge is 0.471 e. The second-order valence-electron chi connectivity index (χ2n) is 22.5. The van der Waals surface area contributed by atoms with E-state index in [1.54, 1.807) is 92.6 Å². The summed E-state index contributed by atoms with van der Waals surface area (Å²) in [5.41, 5.74) is -1.72. The standard InChI is InChI=1S/C41H48F9N3O8.C20H30F9N3O6/c1-58-32-15-11-29(12-16-32)38(28-9-4-3-5-10-28,30-13-17-33(59-2)18-14-30)61-26-31(54)25-60-27-37(19-6-22-51-34(55)39(42,43)44,20-7-23-52-35(56)40(45,46)47)21-8-24-53-36(57)41(48,49)50;21-18(22,23)14(35)30-7-1-4-17(12-38-11-13(34)10-33,5-2-8-31-15(36)19(24,25)26)6-3-9-32-16(37)20(27,28)29/h3-5,9-18,31,54H,6-8,19-27H2,1-2H3,(H,51,55)(H,52,56)(H,53,57);13,33-34H,1-12H2,(H,30,35)(H,31,36)(H,32,37). The lowest BCUT2D eigenvalue weighted by Crippen LogP contribution is -2.40. The number of nitrogens with one attached hydrogen (secondary N) is 6. The molecule has 3 rings (SSSR count). The van der Waals surface area contributed by atoms with Gasteiger partial charge in [0.2, 0.25) is 0 Å². The van der Waals surface area contributed by atoms with E-state index in [0.29, 0.717) is 28.2 Å². The molecule has 9 N–H and O–H groups in total. The number of hydrogen-bond acceptors (Lipinski definition) is 14. The molecule has 0 saturated heterocycles. The summed E-state index contributed by atoms with van der Waals surface area (Å²) in [6.07, 6.45) is -34.8. The van der Waals surface area contributed by atoms with E-state index in [1.165, 1.54) is 14.2 Å². The van der Waals surface area contributed by atoms with Gasteiger partial charge in [-0.2, -0.15) is 79.0 Å². The number of ether oxygens (including phenoxy) is 5. The van der Waals surface area contributed by atoms with Crippen molar-refractivity contribution in [2.24, 2.45) is 10.8 Å². The molecule has 0 radical (unpaired) electrons. The van der Waals surface area contributed by atoms with E-state index in [9.17, 15) is 118 Å². The number of rotatable bonds is 41. The van der Waals surface area contributed by atoms with Crippen LogP contribution in [0.25, 0.3) is 0 Å². The molecule has 0 aliphatic rings. The first kappa shape index (κ1) is 87.7. The molecular weight excluding hydrogens is 1380 g/mol. The number of halogens is 18. The first-order valence-corrected chi connectivity index (χ1v) is 30.2. The Morgan fingerprint density at radius 2 is 0.606 bits per heavy atom. The highest BCUT2D eigenvalue weighted by molar-refractivity contribution is 5.83. The number of benzene rings is 3. The first-order valence-electron chi connectivity index (χ1n) is 30.2. The predicted octanol–water partition coefficient (Wildman–Crippen LogP) is 8.47. The summed E-state index contributed by atoms with van der Waals surface area (Å²) < 4.78 is 256. The largest absolute Gasteiger partial charge is 0.497 e. The molecule has 6 amide bonds. The average Bonchev–Trinajstić information content (AvgIpc) is 0.754. The van der Waals surface area contributed by atoms with E-state index in [-0.39, 0.29) is 96.9 Å². The van der Waals surface area contributed by atoms with Crippen molar-refractivity contribution in [2.75, 3.05) is 93.1 Å². The molecule has 3 aromatic carbocycles. The van der Waals surface area contributed by atoms with Crippen LogP contribution in [0.2, 0.25) is 0 Å². The summed E-state index contributed by atoms with van der Waals surface area (Å²) in [4.78, 5) is 67.3. The van der Waals surface area contributed by atoms with Crippen molar-refractivity contribution in [3.05, 3.63) is 95.6 Å². The molecule has 20 nitrogen and oxygen atoms in total. The second-order valence-corrected chi connectivity index (χ2v) is 22.5. The Morgan fingerprint density at radius 3 is 0.838 bits per heavy atom. The van der Waals surface area contributed by atoms with Crippen molar-refractivity contribution in [1.82, 2.24) is 31.9 Å². The van der Waals surface area contributed by atoms with Crippen LogP contribution in [0.1, 0.15) is 93.7 Å². The Hall–Kier alpha value is -7.42. The molecule has 0 aromatic heterocycles. The molecular formula is C61H78F18N6O14. The molecule has 0 bridgehead atoms. The summed E-state index contributed by atoms with van der Waals surface area (Å²) in [5, 5.41) is 39.7. The molecule has 38 heteroatoms. The molecule has 0 aliphatic carbocycles. The van der Waals surface area contributed by atoms with Crippen molar-refractivity contribution in [1.29, 1.82) is 0 Å². The highest BCUT2D eigenvalue weighted by atomic mass is 19.4. The normalized spacial score (nSPS) is 13.2. The number of alkyl halides is 18. The van der Waals surface area contributed by atoms with Gasteiger partial charge in [-0.25, -0.2) is 0 Å². The summed E-state index contributed by atoms with van der Waals surface area (Å²) in [6, 6.07) is 23.2. The van der Waals surface area contributed by atoms with Gasteiger partial charge in [0.15, 0.2) is 0 Å². The van der Waals surface area contributed by atoms with Crippen LogP contribution in [0.5, 0.6) is 11.5 Å². The molecule has 99 heavy (non-hydrogen) atoms. The van der Waals surface area contributed by atoms with Crippen LogP contribution in [0, 0.1) is 10.8 Å². The zero-order valence-corrected chi connectivity index (χ0v) is 53.3. The molecule has 0 saturated carbocycles. The molecule has 0 heterocycles. The van der Waals surface area contributed by atoms with Gasteiger partial charge in [0.25, 0.3) is 0 Å². The Labute approximate surface area is 555 Å². The molecule has 3 aromatic rings. The maximum Gasteiger partial charge on any atom is 0.471 e. The van der Waals surface area contributed by atoms with Gasteiger partial charge < -0.3 is 70.9 Å². The molecule has 2 unspecified atom stereocenters. The Bertz CT molecular complexity index is 2690. The van der Waals surface area contributed by atoms with Crippen LogP contribution < -0.4 is 41.4 Å². The summed E-state index contributed by atoms with van der Waals surface area (Å²) in [5.74, 6) is -12.2. The monoisotopic (exact) mass is 1460 g/mol. The molecule has 562 valence electrons. The minimum Gasteiger partial charge on any atom is -0.497 e. The quantitative estimate of drug-likeness (QED) is 0.0146. The Balaban J connectivity index is 0.000000755. The van der Waals surface area contributed by atoms with Crippen LogP contribution in [0.3, 0.4) is 0 Å². The van der Waals surface area contributed by atoms with E-state index >= 15 is 0 Å². The number of amides is 6. The van der Waals surface area contributed by atoms with Crippen LogP contribution in [0.15, 0.2) is 78.9 Å². The van der Waals surface area contributed by atoms with Gasteiger partial charge >= 0.3 is 72.5 Å². The van der Waals surface area contributed by atoms with Gasteiger partial charge in [-0.05, 0) is 129 Å². The average molecular weight is 1460 g/mol. The van der Waals surface area contributed by atoms with E-state index in [1.807, 2.05) is 18.2 Å². The number of aliphatic hydroxyl groups excluding tert-OH is 3. The third kappa shape index (κ3) is 32.2. The number of carbonyl (C=O) groups excluding carboxylic acids is 6. The second kappa shape index (κ2) is 40.7. The fraction of sp³-hybridized carbons (Fsp3) is 0.607. The van der Waals surface area contributed by atoms with Crippen LogP contribution in [-0.4, -0.2) is 193 Å². The van der Waals surface area contributed by atoms with E-state index in [2.05, 4.69) is 0 Å². The molecule has 2 atom stereocenters. The minimum atomic E-state index is -5.19. The van der Waals surface area contributed by atoms with Crippen molar-refractivity contribution in [3.63, 3.8) is 0 Å². The number of hydrogen-bond donors (Lipinski definition) is 9.